The first kappa shape index (κ1) is 57.9. The number of unbranched alkanes of at least 4 members (excludes halogenated alkanes) is 2. The van der Waals surface area contributed by atoms with Crippen molar-refractivity contribution < 1.29 is 92.2 Å². The second kappa shape index (κ2) is 52.4. The number of rotatable bonds is 7. The molecule has 0 spiro atoms. The summed E-state index contributed by atoms with van der Waals surface area (Å²) in [5.74, 6) is 5.25. The Morgan fingerprint density at radius 1 is 0.871 bits per heavy atom. The number of hydrogen-bond acceptors (Lipinski definition) is 4. The Morgan fingerprint density at radius 2 is 1.32 bits per heavy atom. The Labute approximate surface area is 243 Å². The molecule has 0 aromatic rings. The van der Waals surface area contributed by atoms with Crippen molar-refractivity contribution in [2.45, 2.75) is 39.5 Å². The molecule has 0 unspecified atom stereocenters. The first-order valence-electron chi connectivity index (χ1n) is 7.59. The third kappa shape index (κ3) is 59.0. The van der Waals surface area contributed by atoms with Crippen LogP contribution in [0.15, 0.2) is 0 Å². The topological polar surface area (TPSA) is 194 Å². The van der Waals surface area contributed by atoms with Gasteiger partial charge >= 0.3 is 63.4 Å². The van der Waals surface area contributed by atoms with Gasteiger partial charge in [0.15, 0.2) is 6.61 Å². The molecule has 186 valence electrons. The molecule has 0 aliphatic rings. The van der Waals surface area contributed by atoms with Gasteiger partial charge in [0.1, 0.15) is 6.11 Å². The Morgan fingerprint density at radius 3 is 1.71 bits per heavy atom. The molecule has 4 N–H and O–H groups in total. The minimum absolute atomic E-state index is 0. The third-order valence-electron chi connectivity index (χ3n) is 2.22. The summed E-state index contributed by atoms with van der Waals surface area (Å²) < 4.78 is 12.5. The molecule has 0 radical (unpaired) electrons. The minimum Gasteiger partial charge on any atom is -2.00 e. The van der Waals surface area contributed by atoms with Crippen molar-refractivity contribution in [2.24, 2.45) is 0 Å². The molecule has 0 aliphatic carbocycles. The Balaban J connectivity index is -0.0000000364. The second-order valence-corrected chi connectivity index (χ2v) is 5.51. The fourth-order valence-electron chi connectivity index (χ4n) is 1.06. The molecular formula is C16H26Fe3I2N2O8. The number of alkyl halides is 1. The molecule has 0 atom stereocenters. The van der Waals surface area contributed by atoms with Crippen molar-refractivity contribution in [2.75, 3.05) is 24.1 Å². The average molecular weight is 796 g/mol. The number of hydrogen-bond donors (Lipinski definition) is 2. The van der Waals surface area contributed by atoms with Gasteiger partial charge in [0.05, 0.1) is 4.43 Å². The average Bonchev–Trinajstić information content (AvgIpc) is 2.56. The summed E-state index contributed by atoms with van der Waals surface area (Å²) in [5, 5.41) is 5.19. The first-order valence-corrected chi connectivity index (χ1v) is 10.2. The van der Waals surface area contributed by atoms with Crippen LogP contribution in [0.2, 0.25) is 0 Å². The molecule has 0 saturated carbocycles. The van der Waals surface area contributed by atoms with Gasteiger partial charge in [-0.15, -0.1) is 0 Å². The van der Waals surface area contributed by atoms with Gasteiger partial charge in [-0.25, -0.2) is 9.59 Å². The summed E-state index contributed by atoms with van der Waals surface area (Å²) in [6.45, 7) is 5.62. The van der Waals surface area contributed by atoms with Crippen molar-refractivity contribution >= 4 is 57.4 Å². The van der Waals surface area contributed by atoms with Crippen LogP contribution >= 0.6 is 45.2 Å². The van der Waals surface area contributed by atoms with E-state index in [0.29, 0.717) is 17.5 Å². The smallest absolute Gasteiger partial charge is 2.00 e. The molecule has 0 heterocycles. The van der Waals surface area contributed by atoms with E-state index in [2.05, 4.69) is 73.7 Å². The molecule has 0 bridgehead atoms. The monoisotopic (exact) mass is 796 g/mol. The number of halogens is 2. The largest absolute Gasteiger partial charge is 2.00 e. The molecule has 2 amide bonds. The molecule has 0 aliphatic heterocycles. The predicted molar refractivity (Wildman–Crippen MR) is 118 cm³/mol. The van der Waals surface area contributed by atoms with Crippen LogP contribution in [0.5, 0.6) is 0 Å². The minimum atomic E-state index is -0.458. The van der Waals surface area contributed by atoms with Crippen LogP contribution in [0.1, 0.15) is 39.5 Å². The van der Waals surface area contributed by atoms with Gasteiger partial charge < -0.3 is 42.0 Å². The number of nitrogens with one attached hydrogen (secondary N) is 2. The fraction of sp³-hybridized carbons (Fsp3) is 0.625. The quantitative estimate of drug-likeness (QED) is 0.132. The third-order valence-corrected chi connectivity index (χ3v) is 2.99. The van der Waals surface area contributed by atoms with Crippen LogP contribution in [0, 0.1) is 21.9 Å². The van der Waals surface area contributed by atoms with Crippen molar-refractivity contribution in [3.05, 3.63) is 0 Å². The van der Waals surface area contributed by atoms with Gasteiger partial charge in [-0.2, -0.15) is 0 Å². The van der Waals surface area contributed by atoms with Gasteiger partial charge in [-0.1, -0.05) is 55.2 Å². The van der Waals surface area contributed by atoms with E-state index in [1.807, 2.05) is 22.6 Å². The molecule has 0 saturated heterocycles. The normalized spacial score (nSPS) is 6.32. The maximum absolute atomic E-state index is 10.8. The van der Waals surface area contributed by atoms with Crippen LogP contribution in [-0.2, 0) is 77.1 Å². The van der Waals surface area contributed by atoms with Crippen molar-refractivity contribution in [1.29, 1.82) is 0 Å². The molecular weight excluding hydrogens is 770 g/mol. The summed E-state index contributed by atoms with van der Waals surface area (Å²) in [5.41, 5.74) is 0. The van der Waals surface area contributed by atoms with Crippen molar-refractivity contribution in [3.8, 4) is 21.9 Å². The molecule has 0 fully saturated rings. The standard InChI is InChI=1S/2C8H12INO2.3Fe.H2O.3O/c2*1-2-3-6-10-8(11)12-7-4-5-9;;;;;;;/h2-3,6-7H2,1H3,(H,10,11);2-3,5-6H2,1H3,(H,10,11);;;;1H2;;;/q;;3*+2;;3*-2. The number of carbonyl (C=O) groups is 2. The van der Waals surface area contributed by atoms with Gasteiger partial charge in [0.2, 0.25) is 0 Å². The summed E-state index contributed by atoms with van der Waals surface area (Å²) in [6.07, 6.45) is 5.51. The van der Waals surface area contributed by atoms with Crippen LogP contribution in [0.25, 0.3) is 0 Å². The van der Waals surface area contributed by atoms with Crippen molar-refractivity contribution in [3.63, 3.8) is 0 Å². The number of carbonyl (C=O) groups excluding carboxylic acids is 2. The van der Waals surface area contributed by atoms with Crippen LogP contribution in [0.4, 0.5) is 9.59 Å². The molecule has 15 heteroatoms. The zero-order valence-corrected chi connectivity index (χ0v) is 24.5. The van der Waals surface area contributed by atoms with Gasteiger partial charge in [0.25, 0.3) is 0 Å². The van der Waals surface area contributed by atoms with E-state index in [1.165, 1.54) is 0 Å². The van der Waals surface area contributed by atoms with E-state index in [-0.39, 0.29) is 85.8 Å². The fourth-order valence-corrected chi connectivity index (χ4v) is 1.37. The van der Waals surface area contributed by atoms with E-state index < -0.39 is 6.09 Å². The maximum atomic E-state index is 10.8. The molecule has 10 nitrogen and oxygen atoms in total. The predicted octanol–water partition coefficient (Wildman–Crippen LogP) is 2.63. The van der Waals surface area contributed by atoms with Crippen molar-refractivity contribution in [1.82, 2.24) is 10.6 Å². The molecule has 0 aromatic carbocycles. The molecule has 0 aromatic heterocycles. The maximum Gasteiger partial charge on any atom is 2.00 e. The SMILES string of the molecule is CCCCNC(=O)OC#CCI.CCCCNC(=O)OCC#CI.O.[Fe+2].[Fe+2].[Fe+2].[O-2].[O-2].[O-2]. The summed E-state index contributed by atoms with van der Waals surface area (Å²) >= 11 is 3.98. The first-order chi connectivity index (χ1) is 11.6. The van der Waals surface area contributed by atoms with Crippen LogP contribution in [0.3, 0.4) is 0 Å². The second-order valence-electron chi connectivity index (χ2n) is 4.21. The summed E-state index contributed by atoms with van der Waals surface area (Å²) in [6, 6.07) is 0. The number of ether oxygens (including phenoxy) is 2. The number of amides is 2. The Bertz CT molecular complexity index is 473. The van der Waals surface area contributed by atoms with Gasteiger partial charge in [-0.3, -0.25) is 0 Å². The van der Waals surface area contributed by atoms with E-state index in [4.69, 9.17) is 4.74 Å². The van der Waals surface area contributed by atoms with Crippen LogP contribution < -0.4 is 10.6 Å². The van der Waals surface area contributed by atoms with Crippen LogP contribution in [-0.4, -0.2) is 41.8 Å². The zero-order chi connectivity index (χ0) is 18.5. The van der Waals surface area contributed by atoms with E-state index >= 15 is 0 Å². The molecule has 0 rings (SSSR count). The summed E-state index contributed by atoms with van der Waals surface area (Å²) in [4.78, 5) is 21.5. The van der Waals surface area contributed by atoms with E-state index in [9.17, 15) is 9.59 Å². The van der Waals surface area contributed by atoms with E-state index in [1.54, 1.807) is 0 Å². The van der Waals surface area contributed by atoms with E-state index in [0.717, 1.165) is 25.7 Å². The number of alkyl carbamates (subject to hydrolysis) is 2. The Kier molecular flexibility index (Phi) is 97.9. The zero-order valence-electron chi connectivity index (χ0n) is 16.8. The summed E-state index contributed by atoms with van der Waals surface area (Å²) in [7, 11) is 0. The Hall–Kier alpha value is 0.518. The molecule has 31 heavy (non-hydrogen) atoms. The van der Waals surface area contributed by atoms with Gasteiger partial charge in [0, 0.05) is 35.7 Å². The van der Waals surface area contributed by atoms with Gasteiger partial charge in [-0.05, 0) is 22.7 Å².